The van der Waals surface area contributed by atoms with Crippen LogP contribution in [0.25, 0.3) is 0 Å². The van der Waals surface area contributed by atoms with E-state index in [4.69, 9.17) is 16.3 Å². The molecule has 1 atom stereocenters. The van der Waals surface area contributed by atoms with E-state index in [9.17, 15) is 0 Å². The van der Waals surface area contributed by atoms with Crippen LogP contribution in [-0.2, 0) is 11.2 Å². The number of benzene rings is 1. The van der Waals surface area contributed by atoms with E-state index in [2.05, 4.69) is 24.3 Å². The Morgan fingerprint density at radius 2 is 1.85 bits per heavy atom. The molecule has 0 spiro atoms. The van der Waals surface area contributed by atoms with Gasteiger partial charge in [-0.25, -0.2) is 0 Å². The maximum atomic E-state index is 6.56. The van der Waals surface area contributed by atoms with E-state index in [1.807, 2.05) is 0 Å². The van der Waals surface area contributed by atoms with E-state index < -0.39 is 0 Å². The number of hydrogen-bond acceptors (Lipinski definition) is 1. The van der Waals surface area contributed by atoms with Crippen molar-refractivity contribution < 1.29 is 4.74 Å². The first-order valence-electron chi connectivity index (χ1n) is 8.01. The summed E-state index contributed by atoms with van der Waals surface area (Å²) in [5, 5.41) is 0.174. The zero-order chi connectivity index (χ0) is 14.2. The van der Waals surface area contributed by atoms with Crippen LogP contribution in [0.4, 0.5) is 0 Å². The van der Waals surface area contributed by atoms with Gasteiger partial charge >= 0.3 is 0 Å². The van der Waals surface area contributed by atoms with E-state index in [1.54, 1.807) is 7.11 Å². The van der Waals surface area contributed by atoms with Gasteiger partial charge in [0.2, 0.25) is 0 Å². The average molecular weight is 295 g/mol. The normalized spacial score (nSPS) is 18.1. The molecule has 0 bridgehead atoms. The van der Waals surface area contributed by atoms with Gasteiger partial charge in [0.15, 0.2) is 0 Å². The maximum Gasteiger partial charge on any atom is 0.0585 e. The summed E-state index contributed by atoms with van der Waals surface area (Å²) >= 11 is 6.56. The first-order chi connectivity index (χ1) is 9.79. The van der Waals surface area contributed by atoms with E-state index in [0.717, 1.165) is 25.4 Å². The summed E-state index contributed by atoms with van der Waals surface area (Å²) < 4.78 is 5.10. The number of ether oxygens (including phenoxy) is 1. The second-order valence-corrected chi connectivity index (χ2v) is 6.56. The Morgan fingerprint density at radius 3 is 2.50 bits per heavy atom. The van der Waals surface area contributed by atoms with Crippen LogP contribution >= 0.6 is 11.6 Å². The molecule has 0 radical (unpaired) electrons. The third-order valence-electron chi connectivity index (χ3n) is 4.49. The molecule has 0 N–H and O–H groups in total. The standard InChI is InChI=1S/C18H27ClO/c1-20-14-13-16-7-10-17(11-8-16)18(19)12-9-15-5-3-2-4-6-15/h7-8,10-11,15,18H,2-6,9,12-14H2,1H3. The predicted octanol–water partition coefficient (Wildman–Crippen LogP) is 5.52. The van der Waals surface area contributed by atoms with E-state index >= 15 is 0 Å². The van der Waals surface area contributed by atoms with Crippen molar-refractivity contribution in [3.05, 3.63) is 35.4 Å². The predicted molar refractivity (Wildman–Crippen MR) is 86.4 cm³/mol. The fourth-order valence-corrected chi connectivity index (χ4v) is 3.41. The van der Waals surface area contributed by atoms with Crippen LogP contribution in [-0.4, -0.2) is 13.7 Å². The minimum Gasteiger partial charge on any atom is -0.384 e. The number of methoxy groups -OCH3 is 1. The van der Waals surface area contributed by atoms with E-state index in [-0.39, 0.29) is 5.38 Å². The lowest BCUT2D eigenvalue weighted by Gasteiger charge is -2.22. The highest BCUT2D eigenvalue weighted by molar-refractivity contribution is 6.20. The molecule has 1 aromatic carbocycles. The third-order valence-corrected chi connectivity index (χ3v) is 4.96. The fraction of sp³-hybridized carbons (Fsp3) is 0.667. The number of rotatable bonds is 7. The molecule has 1 aliphatic rings. The molecule has 1 aliphatic carbocycles. The number of alkyl halides is 1. The molecule has 1 aromatic rings. The Morgan fingerprint density at radius 1 is 1.15 bits per heavy atom. The highest BCUT2D eigenvalue weighted by Crippen LogP contribution is 2.33. The second-order valence-electron chi connectivity index (χ2n) is 6.03. The number of hydrogen-bond donors (Lipinski definition) is 0. The van der Waals surface area contributed by atoms with Gasteiger partial charge < -0.3 is 4.74 Å². The smallest absolute Gasteiger partial charge is 0.0585 e. The molecular weight excluding hydrogens is 268 g/mol. The van der Waals surface area contributed by atoms with Gasteiger partial charge in [0.1, 0.15) is 0 Å². The van der Waals surface area contributed by atoms with Crippen LogP contribution in [0.15, 0.2) is 24.3 Å². The summed E-state index contributed by atoms with van der Waals surface area (Å²) in [5.74, 6) is 0.922. The van der Waals surface area contributed by atoms with Gasteiger partial charge in [-0.3, -0.25) is 0 Å². The molecule has 0 saturated heterocycles. The maximum absolute atomic E-state index is 6.56. The summed E-state index contributed by atoms with van der Waals surface area (Å²) in [6.45, 7) is 0.783. The largest absolute Gasteiger partial charge is 0.384 e. The fourth-order valence-electron chi connectivity index (χ4n) is 3.14. The van der Waals surface area contributed by atoms with E-state index in [0.29, 0.717) is 0 Å². The van der Waals surface area contributed by atoms with Crippen molar-refractivity contribution in [2.45, 2.75) is 56.7 Å². The summed E-state index contributed by atoms with van der Waals surface area (Å²) in [7, 11) is 1.74. The highest BCUT2D eigenvalue weighted by atomic mass is 35.5. The van der Waals surface area contributed by atoms with Crippen LogP contribution in [0, 0.1) is 5.92 Å². The highest BCUT2D eigenvalue weighted by Gasteiger charge is 2.16. The lowest BCUT2D eigenvalue weighted by molar-refractivity contribution is 0.202. The third kappa shape index (κ3) is 5.10. The average Bonchev–Trinajstić information content (AvgIpc) is 2.52. The molecule has 0 aliphatic heterocycles. The molecule has 1 unspecified atom stereocenters. The van der Waals surface area contributed by atoms with Crippen molar-refractivity contribution in [2.75, 3.05) is 13.7 Å². The van der Waals surface area contributed by atoms with Crippen LogP contribution < -0.4 is 0 Å². The molecule has 0 aromatic heterocycles. The quantitative estimate of drug-likeness (QED) is 0.602. The van der Waals surface area contributed by atoms with Gasteiger partial charge in [-0.15, -0.1) is 11.6 Å². The van der Waals surface area contributed by atoms with Gasteiger partial charge in [-0.2, -0.15) is 0 Å². The Kier molecular flexibility index (Phi) is 6.89. The van der Waals surface area contributed by atoms with Crippen LogP contribution in [0.3, 0.4) is 0 Å². The molecule has 2 heteroatoms. The molecule has 0 amide bonds. The Hall–Kier alpha value is -0.530. The van der Waals surface area contributed by atoms with Gasteiger partial charge in [0, 0.05) is 7.11 Å². The molecule has 1 saturated carbocycles. The van der Waals surface area contributed by atoms with Gasteiger partial charge in [0.05, 0.1) is 12.0 Å². The lowest BCUT2D eigenvalue weighted by atomic mass is 9.85. The van der Waals surface area contributed by atoms with Gasteiger partial charge in [-0.05, 0) is 36.3 Å². The van der Waals surface area contributed by atoms with Crippen molar-refractivity contribution in [1.82, 2.24) is 0 Å². The Balaban J connectivity index is 1.77. The zero-order valence-electron chi connectivity index (χ0n) is 12.6. The summed E-state index contributed by atoms with van der Waals surface area (Å²) in [5.41, 5.74) is 2.59. The first kappa shape index (κ1) is 15.9. The van der Waals surface area contributed by atoms with Gasteiger partial charge in [0.25, 0.3) is 0 Å². The lowest BCUT2D eigenvalue weighted by Crippen LogP contribution is -2.07. The Labute approximate surface area is 128 Å². The summed E-state index contributed by atoms with van der Waals surface area (Å²) in [6.07, 6.45) is 10.5. The van der Waals surface area contributed by atoms with Crippen molar-refractivity contribution in [3.63, 3.8) is 0 Å². The van der Waals surface area contributed by atoms with Crippen LogP contribution in [0.2, 0.25) is 0 Å². The second kappa shape index (κ2) is 8.69. The van der Waals surface area contributed by atoms with Crippen LogP contribution in [0.1, 0.15) is 61.4 Å². The molecule has 2 rings (SSSR count). The molecular formula is C18H27ClO. The number of halogens is 1. The molecule has 0 heterocycles. The minimum atomic E-state index is 0.174. The molecule has 1 fully saturated rings. The molecule has 112 valence electrons. The minimum absolute atomic E-state index is 0.174. The Bertz CT molecular complexity index is 368. The summed E-state index contributed by atoms with van der Waals surface area (Å²) in [4.78, 5) is 0. The van der Waals surface area contributed by atoms with Crippen LogP contribution in [0.5, 0.6) is 0 Å². The molecule has 20 heavy (non-hydrogen) atoms. The van der Waals surface area contributed by atoms with Crippen molar-refractivity contribution >= 4 is 11.6 Å². The van der Waals surface area contributed by atoms with Crippen molar-refractivity contribution in [3.8, 4) is 0 Å². The summed E-state index contributed by atoms with van der Waals surface area (Å²) in [6, 6.07) is 8.74. The van der Waals surface area contributed by atoms with Crippen molar-refractivity contribution in [1.29, 1.82) is 0 Å². The topological polar surface area (TPSA) is 9.23 Å². The van der Waals surface area contributed by atoms with E-state index in [1.165, 1.54) is 49.7 Å². The monoisotopic (exact) mass is 294 g/mol. The van der Waals surface area contributed by atoms with Gasteiger partial charge in [-0.1, -0.05) is 56.4 Å². The zero-order valence-corrected chi connectivity index (χ0v) is 13.4. The molecule has 1 nitrogen and oxygen atoms in total. The SMILES string of the molecule is COCCc1ccc(C(Cl)CCC2CCCCC2)cc1. The first-order valence-corrected chi connectivity index (χ1v) is 8.45. The van der Waals surface area contributed by atoms with Crippen molar-refractivity contribution in [2.24, 2.45) is 5.92 Å².